The van der Waals surface area contributed by atoms with Gasteiger partial charge in [-0.15, -0.1) is 0 Å². The predicted octanol–water partition coefficient (Wildman–Crippen LogP) is 3.10. The number of ether oxygens (including phenoxy) is 1. The van der Waals surface area contributed by atoms with E-state index >= 15 is 0 Å². The average molecular weight is 368 g/mol. The molecule has 2 aromatic carbocycles. The summed E-state index contributed by atoms with van der Waals surface area (Å²) >= 11 is 0. The molecule has 6 heteroatoms. The Hall–Kier alpha value is -2.86. The second-order valence-electron chi connectivity index (χ2n) is 6.33. The minimum absolute atomic E-state index is 0.0149. The molecular weight excluding hydrogens is 344 g/mol. The van der Waals surface area contributed by atoms with Crippen LogP contribution in [0.5, 0.6) is 0 Å². The number of aromatic nitrogens is 1. The second-order valence-corrected chi connectivity index (χ2v) is 6.33. The fourth-order valence-corrected chi connectivity index (χ4v) is 2.88. The summed E-state index contributed by atoms with van der Waals surface area (Å²) in [4.78, 5) is 23.8. The zero-order chi connectivity index (χ0) is 18.9. The first-order chi connectivity index (χ1) is 13.2. The van der Waals surface area contributed by atoms with Crippen molar-refractivity contribution in [2.24, 2.45) is 0 Å². The van der Waals surface area contributed by atoms with E-state index < -0.39 is 0 Å². The standard InChI is InChI=1S/C21H24N2O4/c24-20(22-13-7-15-26-16-17-8-2-1-3-9-17)12-6-14-23-18-10-4-5-11-19(18)27-21(23)25/h1-5,8-11H,6-7,12-16H2,(H,22,24). The lowest BCUT2D eigenvalue weighted by Crippen LogP contribution is -2.25. The van der Waals surface area contributed by atoms with Gasteiger partial charge in [-0.05, 0) is 30.5 Å². The summed E-state index contributed by atoms with van der Waals surface area (Å²) in [6, 6.07) is 17.3. The quantitative estimate of drug-likeness (QED) is 0.558. The van der Waals surface area contributed by atoms with Gasteiger partial charge in [0.1, 0.15) is 0 Å². The molecule has 1 heterocycles. The van der Waals surface area contributed by atoms with Crippen molar-refractivity contribution in [2.45, 2.75) is 32.4 Å². The highest BCUT2D eigenvalue weighted by molar-refractivity contribution is 5.76. The summed E-state index contributed by atoms with van der Waals surface area (Å²) in [5.74, 6) is -0.397. The summed E-state index contributed by atoms with van der Waals surface area (Å²) < 4.78 is 12.3. The molecule has 0 atom stereocenters. The van der Waals surface area contributed by atoms with Crippen LogP contribution in [0.1, 0.15) is 24.8 Å². The van der Waals surface area contributed by atoms with Crippen LogP contribution in [0.4, 0.5) is 0 Å². The van der Waals surface area contributed by atoms with Crippen LogP contribution in [0.2, 0.25) is 0 Å². The summed E-state index contributed by atoms with van der Waals surface area (Å²) in [5.41, 5.74) is 2.48. The van der Waals surface area contributed by atoms with Crippen molar-refractivity contribution in [3.63, 3.8) is 0 Å². The molecule has 1 N–H and O–H groups in total. The van der Waals surface area contributed by atoms with E-state index in [0.717, 1.165) is 17.5 Å². The first kappa shape index (κ1) is 18.9. The van der Waals surface area contributed by atoms with Crippen LogP contribution < -0.4 is 11.1 Å². The Labute approximate surface area is 157 Å². The van der Waals surface area contributed by atoms with E-state index in [0.29, 0.717) is 44.7 Å². The summed E-state index contributed by atoms with van der Waals surface area (Å²) in [7, 11) is 0. The zero-order valence-electron chi connectivity index (χ0n) is 15.2. The maximum atomic E-state index is 11.9. The molecule has 6 nitrogen and oxygen atoms in total. The van der Waals surface area contributed by atoms with E-state index in [1.165, 1.54) is 0 Å². The smallest absolute Gasteiger partial charge is 0.408 e. The highest BCUT2D eigenvalue weighted by Crippen LogP contribution is 2.12. The number of hydrogen-bond acceptors (Lipinski definition) is 4. The van der Waals surface area contributed by atoms with Gasteiger partial charge in [0, 0.05) is 26.1 Å². The minimum Gasteiger partial charge on any atom is -0.408 e. The number of rotatable bonds is 10. The highest BCUT2D eigenvalue weighted by Gasteiger charge is 2.09. The number of hydrogen-bond donors (Lipinski definition) is 1. The third kappa shape index (κ3) is 5.56. The zero-order valence-corrected chi connectivity index (χ0v) is 15.2. The van der Waals surface area contributed by atoms with Crippen LogP contribution in [-0.2, 0) is 22.7 Å². The van der Waals surface area contributed by atoms with Crippen molar-refractivity contribution in [3.8, 4) is 0 Å². The Morgan fingerprint density at radius 2 is 1.81 bits per heavy atom. The number of nitrogens with one attached hydrogen (secondary N) is 1. The van der Waals surface area contributed by atoms with Crippen molar-refractivity contribution >= 4 is 17.0 Å². The molecule has 0 aliphatic rings. The SMILES string of the molecule is O=C(CCCn1c(=O)oc2ccccc21)NCCCOCc1ccccc1. The van der Waals surface area contributed by atoms with Gasteiger partial charge in [0.05, 0.1) is 12.1 Å². The molecule has 0 unspecified atom stereocenters. The second kappa shape index (κ2) is 9.73. The third-order valence-electron chi connectivity index (χ3n) is 4.26. The largest absolute Gasteiger partial charge is 0.419 e. The molecule has 3 aromatic rings. The molecular formula is C21H24N2O4. The maximum absolute atomic E-state index is 11.9. The number of aryl methyl sites for hydroxylation is 1. The molecule has 142 valence electrons. The Balaban J connectivity index is 1.30. The predicted molar refractivity (Wildman–Crippen MR) is 103 cm³/mol. The summed E-state index contributed by atoms with van der Waals surface area (Å²) in [6.07, 6.45) is 1.72. The van der Waals surface area contributed by atoms with Gasteiger partial charge in [-0.1, -0.05) is 42.5 Å². The average Bonchev–Trinajstić information content (AvgIpc) is 3.01. The maximum Gasteiger partial charge on any atom is 0.419 e. The number of benzene rings is 2. The Morgan fingerprint density at radius 3 is 2.67 bits per heavy atom. The van der Waals surface area contributed by atoms with Gasteiger partial charge in [0.2, 0.25) is 5.91 Å². The van der Waals surface area contributed by atoms with Crippen LogP contribution in [0.15, 0.2) is 63.8 Å². The lowest BCUT2D eigenvalue weighted by Gasteiger charge is -2.07. The monoisotopic (exact) mass is 368 g/mol. The lowest BCUT2D eigenvalue weighted by atomic mass is 10.2. The molecule has 0 aliphatic heterocycles. The number of oxazole rings is 1. The number of carbonyl (C=O) groups excluding carboxylic acids is 1. The molecule has 0 saturated heterocycles. The van der Waals surface area contributed by atoms with E-state index in [4.69, 9.17) is 9.15 Å². The first-order valence-corrected chi connectivity index (χ1v) is 9.21. The molecule has 27 heavy (non-hydrogen) atoms. The highest BCUT2D eigenvalue weighted by atomic mass is 16.5. The van der Waals surface area contributed by atoms with Crippen molar-refractivity contribution in [3.05, 3.63) is 70.7 Å². The Morgan fingerprint density at radius 1 is 1.04 bits per heavy atom. The Bertz CT molecular complexity index is 915. The number of para-hydroxylation sites is 2. The molecule has 1 aromatic heterocycles. The Kier molecular flexibility index (Phi) is 6.82. The molecule has 0 fully saturated rings. The van der Waals surface area contributed by atoms with Crippen molar-refractivity contribution in [1.82, 2.24) is 9.88 Å². The van der Waals surface area contributed by atoms with E-state index in [1.807, 2.05) is 48.5 Å². The number of carbonyl (C=O) groups is 1. The summed E-state index contributed by atoms with van der Waals surface area (Å²) in [6.45, 7) is 2.24. The molecule has 1 amide bonds. The van der Waals surface area contributed by atoms with Crippen LogP contribution in [0.25, 0.3) is 11.1 Å². The lowest BCUT2D eigenvalue weighted by molar-refractivity contribution is -0.121. The molecule has 0 radical (unpaired) electrons. The fourth-order valence-electron chi connectivity index (χ4n) is 2.88. The van der Waals surface area contributed by atoms with Crippen molar-refractivity contribution in [1.29, 1.82) is 0 Å². The molecule has 0 saturated carbocycles. The number of fused-ring (bicyclic) bond motifs is 1. The van der Waals surface area contributed by atoms with Crippen molar-refractivity contribution < 1.29 is 13.9 Å². The van der Waals surface area contributed by atoms with Gasteiger partial charge in [0.25, 0.3) is 0 Å². The van der Waals surface area contributed by atoms with Gasteiger partial charge >= 0.3 is 5.76 Å². The molecule has 3 rings (SSSR count). The van der Waals surface area contributed by atoms with E-state index in [1.54, 1.807) is 10.6 Å². The van der Waals surface area contributed by atoms with Crippen LogP contribution in [0.3, 0.4) is 0 Å². The van der Waals surface area contributed by atoms with E-state index in [2.05, 4.69) is 5.32 Å². The first-order valence-electron chi connectivity index (χ1n) is 9.21. The minimum atomic E-state index is -0.382. The topological polar surface area (TPSA) is 73.5 Å². The van der Waals surface area contributed by atoms with Gasteiger partial charge in [-0.2, -0.15) is 0 Å². The van der Waals surface area contributed by atoms with Gasteiger partial charge in [-0.3, -0.25) is 9.36 Å². The molecule has 0 bridgehead atoms. The fraction of sp³-hybridized carbons (Fsp3) is 0.333. The van der Waals surface area contributed by atoms with Crippen LogP contribution >= 0.6 is 0 Å². The third-order valence-corrected chi connectivity index (χ3v) is 4.26. The number of amides is 1. The normalized spacial score (nSPS) is 11.0. The van der Waals surface area contributed by atoms with E-state index in [-0.39, 0.29) is 11.7 Å². The van der Waals surface area contributed by atoms with Crippen molar-refractivity contribution in [2.75, 3.05) is 13.2 Å². The summed E-state index contributed by atoms with van der Waals surface area (Å²) in [5, 5.41) is 2.88. The van der Waals surface area contributed by atoms with Gasteiger partial charge < -0.3 is 14.5 Å². The van der Waals surface area contributed by atoms with E-state index in [9.17, 15) is 9.59 Å². The van der Waals surface area contributed by atoms with Crippen LogP contribution in [-0.4, -0.2) is 23.6 Å². The van der Waals surface area contributed by atoms with Crippen LogP contribution in [0, 0.1) is 0 Å². The van der Waals surface area contributed by atoms with Gasteiger partial charge in [-0.25, -0.2) is 4.79 Å². The van der Waals surface area contributed by atoms with Gasteiger partial charge in [0.15, 0.2) is 5.58 Å². The molecule has 0 aliphatic carbocycles. The molecule has 0 spiro atoms. The number of nitrogens with zero attached hydrogens (tertiary/aromatic N) is 1.